The number of rotatable bonds is 5. The van der Waals surface area contributed by atoms with Gasteiger partial charge in [-0.15, -0.1) is 0 Å². The fourth-order valence-corrected chi connectivity index (χ4v) is 4.36. The molecule has 1 N–H and O–H groups in total. The summed E-state index contributed by atoms with van der Waals surface area (Å²) in [4.78, 5) is 16.6. The molecule has 0 aliphatic carbocycles. The van der Waals surface area contributed by atoms with Crippen molar-refractivity contribution in [1.82, 2.24) is 0 Å². The number of hydrogen-bond acceptors (Lipinski definition) is 4. The zero-order valence-corrected chi connectivity index (χ0v) is 18.7. The Balaban J connectivity index is 1.68. The van der Waals surface area contributed by atoms with Gasteiger partial charge in [-0.2, -0.15) is 0 Å². The lowest BCUT2D eigenvalue weighted by Gasteiger charge is -2.42. The van der Waals surface area contributed by atoms with Crippen LogP contribution in [0.3, 0.4) is 0 Å². The van der Waals surface area contributed by atoms with Crippen LogP contribution in [0.2, 0.25) is 0 Å². The Bertz CT molecular complexity index is 1110. The molecule has 1 heterocycles. The molecule has 1 aliphatic heterocycles. The van der Waals surface area contributed by atoms with Gasteiger partial charge in [0.1, 0.15) is 11.8 Å². The summed E-state index contributed by atoms with van der Waals surface area (Å²) in [7, 11) is 3.54. The van der Waals surface area contributed by atoms with Crippen LogP contribution < -0.4 is 19.9 Å². The van der Waals surface area contributed by atoms with Gasteiger partial charge in [0.15, 0.2) is 0 Å². The predicted molar refractivity (Wildman–Crippen MR) is 129 cm³/mol. The minimum atomic E-state index is -0.193. The van der Waals surface area contributed by atoms with Gasteiger partial charge in [0.25, 0.3) is 0 Å². The summed E-state index contributed by atoms with van der Waals surface area (Å²) in [5, 5.41) is 3.53. The Morgan fingerprint density at radius 2 is 1.68 bits per heavy atom. The number of carbonyl (C=O) groups excluding carboxylic acids is 1. The van der Waals surface area contributed by atoms with E-state index in [0.29, 0.717) is 0 Å². The lowest BCUT2D eigenvalue weighted by Crippen LogP contribution is -2.53. The SMILES string of the molecule is COc1ccccc1-c1cccc(Nc2ccc3c(c2)N(C(C)C)C(C)C(=O)N3C)c1. The molecule has 0 fully saturated rings. The molecule has 0 saturated carbocycles. The van der Waals surface area contributed by atoms with Gasteiger partial charge in [-0.05, 0) is 62.7 Å². The molecule has 0 aromatic heterocycles. The highest BCUT2D eigenvalue weighted by molar-refractivity contribution is 6.05. The van der Waals surface area contributed by atoms with Crippen molar-refractivity contribution in [2.45, 2.75) is 32.9 Å². The molecule has 160 valence electrons. The van der Waals surface area contributed by atoms with E-state index in [2.05, 4.69) is 54.4 Å². The zero-order valence-electron chi connectivity index (χ0n) is 18.7. The number of fused-ring (bicyclic) bond motifs is 1. The van der Waals surface area contributed by atoms with E-state index in [1.807, 2.05) is 50.4 Å². The average molecular weight is 416 g/mol. The van der Waals surface area contributed by atoms with E-state index < -0.39 is 0 Å². The number of nitrogens with zero attached hydrogens (tertiary/aromatic N) is 2. The van der Waals surface area contributed by atoms with E-state index in [-0.39, 0.29) is 18.0 Å². The fraction of sp³-hybridized carbons (Fsp3) is 0.269. The summed E-state index contributed by atoms with van der Waals surface area (Å²) >= 11 is 0. The van der Waals surface area contributed by atoms with Crippen LogP contribution in [-0.2, 0) is 4.79 Å². The molecule has 3 aromatic rings. The molecule has 5 nitrogen and oxygen atoms in total. The van der Waals surface area contributed by atoms with Crippen LogP contribution in [0.1, 0.15) is 20.8 Å². The average Bonchev–Trinajstić information content (AvgIpc) is 2.77. The summed E-state index contributed by atoms with van der Waals surface area (Å²) < 4.78 is 5.52. The standard InChI is InChI=1S/C26H29N3O2/c1-17(2)29-18(3)26(30)28(4)23-14-13-21(16-24(23)29)27-20-10-8-9-19(15-20)22-11-6-7-12-25(22)31-5/h6-18,27H,1-5H3. The largest absolute Gasteiger partial charge is 0.496 e. The van der Waals surface area contributed by atoms with Crippen molar-refractivity contribution in [2.75, 3.05) is 29.3 Å². The van der Waals surface area contributed by atoms with Crippen LogP contribution in [-0.4, -0.2) is 32.1 Å². The second-order valence-electron chi connectivity index (χ2n) is 8.18. The second kappa shape index (κ2) is 8.34. The third kappa shape index (κ3) is 3.83. The lowest BCUT2D eigenvalue weighted by atomic mass is 10.0. The molecular weight excluding hydrogens is 386 g/mol. The maximum atomic E-state index is 12.7. The smallest absolute Gasteiger partial charge is 0.249 e. The van der Waals surface area contributed by atoms with Crippen LogP contribution in [0, 0.1) is 0 Å². The van der Waals surface area contributed by atoms with Crippen molar-refractivity contribution in [1.29, 1.82) is 0 Å². The van der Waals surface area contributed by atoms with E-state index in [9.17, 15) is 4.79 Å². The summed E-state index contributed by atoms with van der Waals surface area (Å²) in [6.07, 6.45) is 0. The van der Waals surface area contributed by atoms with Gasteiger partial charge in [-0.3, -0.25) is 4.79 Å². The van der Waals surface area contributed by atoms with Crippen LogP contribution >= 0.6 is 0 Å². The summed E-state index contributed by atoms with van der Waals surface area (Å²) in [5.41, 5.74) is 6.12. The zero-order chi connectivity index (χ0) is 22.1. The van der Waals surface area contributed by atoms with Crippen LogP contribution in [0.5, 0.6) is 5.75 Å². The van der Waals surface area contributed by atoms with Crippen molar-refractivity contribution in [3.63, 3.8) is 0 Å². The van der Waals surface area contributed by atoms with Gasteiger partial charge in [0.2, 0.25) is 5.91 Å². The first-order chi connectivity index (χ1) is 14.9. The molecule has 1 aliphatic rings. The number of carbonyl (C=O) groups is 1. The number of likely N-dealkylation sites (N-methyl/N-ethyl adjacent to an activating group) is 1. The molecule has 1 atom stereocenters. The number of nitrogens with one attached hydrogen (secondary N) is 1. The van der Waals surface area contributed by atoms with Crippen LogP contribution in [0.4, 0.5) is 22.7 Å². The second-order valence-corrected chi connectivity index (χ2v) is 8.18. The van der Waals surface area contributed by atoms with Gasteiger partial charge in [0, 0.05) is 30.0 Å². The first-order valence-corrected chi connectivity index (χ1v) is 10.6. The molecule has 0 saturated heterocycles. The van der Waals surface area contributed by atoms with Crippen molar-refractivity contribution >= 4 is 28.7 Å². The minimum absolute atomic E-state index is 0.117. The van der Waals surface area contributed by atoms with Crippen molar-refractivity contribution < 1.29 is 9.53 Å². The maximum absolute atomic E-state index is 12.7. The number of para-hydroxylation sites is 1. The third-order valence-electron chi connectivity index (χ3n) is 5.85. The van der Waals surface area contributed by atoms with E-state index in [0.717, 1.165) is 39.6 Å². The Labute approximate surface area is 184 Å². The molecule has 1 amide bonds. The van der Waals surface area contributed by atoms with E-state index >= 15 is 0 Å². The summed E-state index contributed by atoms with van der Waals surface area (Å²) in [6, 6.07) is 22.5. The van der Waals surface area contributed by atoms with Crippen molar-refractivity contribution in [3.8, 4) is 16.9 Å². The van der Waals surface area contributed by atoms with Crippen LogP contribution in [0.15, 0.2) is 66.7 Å². The van der Waals surface area contributed by atoms with Gasteiger partial charge in [0.05, 0.1) is 18.5 Å². The predicted octanol–water partition coefficient (Wildman–Crippen LogP) is 5.69. The monoisotopic (exact) mass is 415 g/mol. The van der Waals surface area contributed by atoms with Gasteiger partial charge in [-0.1, -0.05) is 30.3 Å². The topological polar surface area (TPSA) is 44.8 Å². The Morgan fingerprint density at radius 3 is 2.42 bits per heavy atom. The van der Waals surface area contributed by atoms with Crippen molar-refractivity contribution in [3.05, 3.63) is 66.7 Å². The maximum Gasteiger partial charge on any atom is 0.249 e. The van der Waals surface area contributed by atoms with Crippen LogP contribution in [0.25, 0.3) is 11.1 Å². The normalized spacial score (nSPS) is 15.8. The molecule has 5 heteroatoms. The number of hydrogen-bond donors (Lipinski definition) is 1. The van der Waals surface area contributed by atoms with E-state index in [1.54, 1.807) is 12.0 Å². The third-order valence-corrected chi connectivity index (χ3v) is 5.85. The van der Waals surface area contributed by atoms with E-state index in [1.165, 1.54) is 0 Å². The highest BCUT2D eigenvalue weighted by Crippen LogP contribution is 2.39. The highest BCUT2D eigenvalue weighted by Gasteiger charge is 2.34. The number of benzene rings is 3. The number of ether oxygens (including phenoxy) is 1. The van der Waals surface area contributed by atoms with Gasteiger partial charge >= 0.3 is 0 Å². The fourth-order valence-electron chi connectivity index (χ4n) is 4.36. The molecule has 1 unspecified atom stereocenters. The molecule has 4 rings (SSSR count). The van der Waals surface area contributed by atoms with Gasteiger partial charge in [-0.25, -0.2) is 0 Å². The minimum Gasteiger partial charge on any atom is -0.496 e. The molecule has 0 bridgehead atoms. The Morgan fingerprint density at radius 1 is 0.935 bits per heavy atom. The Hall–Kier alpha value is -3.47. The number of methoxy groups -OCH3 is 1. The molecule has 0 radical (unpaired) electrons. The highest BCUT2D eigenvalue weighted by atomic mass is 16.5. The summed E-state index contributed by atoms with van der Waals surface area (Å²) in [5.74, 6) is 0.967. The first-order valence-electron chi connectivity index (χ1n) is 10.6. The lowest BCUT2D eigenvalue weighted by molar-refractivity contribution is -0.119. The van der Waals surface area contributed by atoms with E-state index in [4.69, 9.17) is 4.74 Å². The molecule has 31 heavy (non-hydrogen) atoms. The molecule has 0 spiro atoms. The quantitative estimate of drug-likeness (QED) is 0.582. The Kier molecular flexibility index (Phi) is 5.59. The first kappa shape index (κ1) is 20.8. The molecule has 3 aromatic carbocycles. The number of amides is 1. The summed E-state index contributed by atoms with van der Waals surface area (Å²) in [6.45, 7) is 6.21. The van der Waals surface area contributed by atoms with Crippen molar-refractivity contribution in [2.24, 2.45) is 0 Å². The number of anilines is 4. The molecular formula is C26H29N3O2. The van der Waals surface area contributed by atoms with Gasteiger partial charge < -0.3 is 19.9 Å².